The predicted molar refractivity (Wildman–Crippen MR) is 160 cm³/mol. The summed E-state index contributed by atoms with van der Waals surface area (Å²) < 4.78 is 52.1. The van der Waals surface area contributed by atoms with E-state index in [0.717, 1.165) is 57.8 Å². The van der Waals surface area contributed by atoms with E-state index < -0.39 is 11.6 Å². The Bertz CT molecular complexity index is 1450. The van der Waals surface area contributed by atoms with E-state index in [2.05, 4.69) is 57.9 Å². The quantitative estimate of drug-likeness (QED) is 0.346. The molecule has 3 heterocycles. The smallest absolute Gasteiger partial charge is 0.227 e. The summed E-state index contributed by atoms with van der Waals surface area (Å²) >= 11 is 0. The molecule has 1 aromatic heterocycles. The Morgan fingerprint density at radius 1 is 0.976 bits per heavy atom. The predicted octanol–water partition coefficient (Wildman–Crippen LogP) is 6.75. The molecular formula is C32H39F3N6O. The summed E-state index contributed by atoms with van der Waals surface area (Å²) in [5.74, 6) is -1.27. The Hall–Kier alpha value is -3.53. The molecule has 3 aliphatic rings. The van der Waals surface area contributed by atoms with Crippen LogP contribution in [0.4, 0.5) is 36.2 Å². The molecule has 2 aromatic carbocycles. The number of piperidine rings is 1. The molecule has 1 saturated carbocycles. The van der Waals surface area contributed by atoms with Gasteiger partial charge in [-0.05, 0) is 96.8 Å². The second-order valence-electron chi connectivity index (χ2n) is 12.4. The second-order valence-corrected chi connectivity index (χ2v) is 12.4. The number of fused-ring (bicyclic) bond motifs is 1. The number of nitrogens with one attached hydrogen (secondary N) is 1. The van der Waals surface area contributed by atoms with Crippen molar-refractivity contribution in [3.05, 3.63) is 54.0 Å². The van der Waals surface area contributed by atoms with Gasteiger partial charge in [0.1, 0.15) is 17.1 Å². The molecule has 0 unspecified atom stereocenters. The van der Waals surface area contributed by atoms with Crippen LogP contribution < -0.4 is 19.9 Å². The van der Waals surface area contributed by atoms with Gasteiger partial charge in [0.15, 0.2) is 17.4 Å². The fraction of sp³-hybridized carbons (Fsp3) is 0.500. The molecule has 42 heavy (non-hydrogen) atoms. The van der Waals surface area contributed by atoms with Crippen molar-refractivity contribution in [2.45, 2.75) is 70.1 Å². The molecule has 224 valence electrons. The molecule has 0 amide bonds. The summed E-state index contributed by atoms with van der Waals surface area (Å²) in [6, 6.07) is 8.52. The standard InChI is InChI=1S/C32H39F3N6O/c1-20(2)41-19-32(11-5-6-12-32)42-30-25(34)15-21(16-28(30)41)29-26(35)18-36-31(38-29)37-22-7-8-27(24(33)17-22)40-13-9-23(10-14-40)39(3)4/h7-8,15-18,20,23H,5-6,9-14,19H2,1-4H3,(H,36,37,38). The lowest BCUT2D eigenvalue weighted by Crippen LogP contribution is -2.51. The normalized spacial score (nSPS) is 18.6. The highest BCUT2D eigenvalue weighted by molar-refractivity contribution is 5.73. The highest BCUT2D eigenvalue weighted by atomic mass is 19.1. The zero-order valence-corrected chi connectivity index (χ0v) is 24.8. The first-order valence-corrected chi connectivity index (χ1v) is 14.9. The van der Waals surface area contributed by atoms with E-state index in [1.54, 1.807) is 18.2 Å². The minimum atomic E-state index is -0.678. The van der Waals surface area contributed by atoms with Crippen molar-refractivity contribution in [3.8, 4) is 17.0 Å². The van der Waals surface area contributed by atoms with Crippen molar-refractivity contribution >= 4 is 23.0 Å². The average molecular weight is 581 g/mol. The zero-order chi connectivity index (χ0) is 29.6. The van der Waals surface area contributed by atoms with Crippen molar-refractivity contribution < 1.29 is 17.9 Å². The van der Waals surface area contributed by atoms with E-state index in [1.165, 1.54) is 12.1 Å². The molecule has 0 bridgehead atoms. The number of aromatic nitrogens is 2. The average Bonchev–Trinajstić information content (AvgIpc) is 3.41. The third-order valence-electron chi connectivity index (χ3n) is 9.01. The van der Waals surface area contributed by atoms with E-state index in [9.17, 15) is 0 Å². The molecule has 1 spiro atoms. The zero-order valence-electron chi connectivity index (χ0n) is 24.8. The van der Waals surface area contributed by atoms with Gasteiger partial charge in [0, 0.05) is 36.4 Å². The maximum Gasteiger partial charge on any atom is 0.227 e. The van der Waals surface area contributed by atoms with Crippen LogP contribution in [0.25, 0.3) is 11.3 Å². The van der Waals surface area contributed by atoms with E-state index in [0.29, 0.717) is 29.6 Å². The largest absolute Gasteiger partial charge is 0.480 e. The van der Waals surface area contributed by atoms with Crippen LogP contribution in [0.3, 0.4) is 0 Å². The number of nitrogens with zero attached hydrogens (tertiary/aromatic N) is 5. The SMILES string of the molecule is CC(C)N1CC2(CCCC2)Oc2c(F)cc(-c3nc(Nc4ccc(N5CCC(N(C)C)CC5)c(F)c4)ncc3F)cc21. The molecule has 2 fully saturated rings. The van der Waals surface area contributed by atoms with Crippen molar-refractivity contribution in [2.24, 2.45) is 0 Å². The van der Waals surface area contributed by atoms with Gasteiger partial charge >= 0.3 is 0 Å². The van der Waals surface area contributed by atoms with Crippen LogP contribution in [-0.2, 0) is 0 Å². The molecule has 3 aromatic rings. The van der Waals surface area contributed by atoms with Gasteiger partial charge in [0.25, 0.3) is 0 Å². The number of ether oxygens (including phenoxy) is 1. The number of rotatable bonds is 6. The van der Waals surface area contributed by atoms with Gasteiger partial charge in [-0.3, -0.25) is 0 Å². The van der Waals surface area contributed by atoms with Gasteiger partial charge < -0.3 is 24.8 Å². The second kappa shape index (κ2) is 11.3. The van der Waals surface area contributed by atoms with E-state index in [1.807, 2.05) is 0 Å². The maximum atomic E-state index is 15.6. The van der Waals surface area contributed by atoms with Gasteiger partial charge in [-0.2, -0.15) is 0 Å². The number of hydrogen-bond donors (Lipinski definition) is 1. The molecule has 6 rings (SSSR count). The number of benzene rings is 2. The monoisotopic (exact) mass is 580 g/mol. The van der Waals surface area contributed by atoms with Gasteiger partial charge in [0.2, 0.25) is 5.95 Å². The lowest BCUT2D eigenvalue weighted by molar-refractivity contribution is 0.0659. The van der Waals surface area contributed by atoms with E-state index in [-0.39, 0.29) is 40.4 Å². The molecule has 0 radical (unpaired) electrons. The van der Waals surface area contributed by atoms with Gasteiger partial charge in [-0.15, -0.1) is 0 Å². The summed E-state index contributed by atoms with van der Waals surface area (Å²) in [6.45, 7) is 6.36. The Labute approximate surface area is 245 Å². The highest BCUT2D eigenvalue weighted by Gasteiger charge is 2.44. The molecule has 2 aliphatic heterocycles. The molecular weight excluding hydrogens is 541 g/mol. The summed E-state index contributed by atoms with van der Waals surface area (Å²) in [7, 11) is 4.15. The van der Waals surface area contributed by atoms with Crippen molar-refractivity contribution in [1.82, 2.24) is 14.9 Å². The topological polar surface area (TPSA) is 56.8 Å². The molecule has 1 saturated heterocycles. The minimum Gasteiger partial charge on any atom is -0.480 e. The summed E-state index contributed by atoms with van der Waals surface area (Å²) in [6.07, 6.45) is 6.90. The first-order valence-electron chi connectivity index (χ1n) is 14.9. The lowest BCUT2D eigenvalue weighted by Gasteiger charge is -2.45. The number of hydrogen-bond acceptors (Lipinski definition) is 7. The van der Waals surface area contributed by atoms with E-state index in [4.69, 9.17) is 4.74 Å². The fourth-order valence-corrected chi connectivity index (χ4v) is 6.64. The van der Waals surface area contributed by atoms with Crippen molar-refractivity contribution in [3.63, 3.8) is 0 Å². The molecule has 1 aliphatic carbocycles. The summed E-state index contributed by atoms with van der Waals surface area (Å²) in [4.78, 5) is 14.9. The number of halogens is 3. The van der Waals surface area contributed by atoms with Crippen LogP contribution in [0.2, 0.25) is 0 Å². The van der Waals surface area contributed by atoms with Crippen molar-refractivity contribution in [2.75, 3.05) is 48.8 Å². The van der Waals surface area contributed by atoms with Crippen LogP contribution in [0.15, 0.2) is 36.5 Å². The summed E-state index contributed by atoms with van der Waals surface area (Å²) in [5, 5.41) is 2.99. The minimum absolute atomic E-state index is 0.0417. The lowest BCUT2D eigenvalue weighted by atomic mass is 9.96. The Kier molecular flexibility index (Phi) is 7.68. The fourth-order valence-electron chi connectivity index (χ4n) is 6.64. The van der Waals surface area contributed by atoms with Crippen LogP contribution >= 0.6 is 0 Å². The van der Waals surface area contributed by atoms with Gasteiger partial charge in [-0.25, -0.2) is 23.1 Å². The van der Waals surface area contributed by atoms with Crippen LogP contribution in [0.5, 0.6) is 5.75 Å². The third kappa shape index (κ3) is 5.48. The Morgan fingerprint density at radius 3 is 2.38 bits per heavy atom. The first kappa shape index (κ1) is 28.6. The van der Waals surface area contributed by atoms with Gasteiger partial charge in [0.05, 0.1) is 24.1 Å². The molecule has 10 heteroatoms. The van der Waals surface area contributed by atoms with Crippen molar-refractivity contribution in [1.29, 1.82) is 0 Å². The molecule has 1 N–H and O–H groups in total. The van der Waals surface area contributed by atoms with E-state index >= 15 is 13.2 Å². The maximum absolute atomic E-state index is 15.6. The van der Waals surface area contributed by atoms with Crippen LogP contribution in [-0.4, -0.2) is 66.3 Å². The Morgan fingerprint density at radius 2 is 1.71 bits per heavy atom. The van der Waals surface area contributed by atoms with Gasteiger partial charge in [-0.1, -0.05) is 0 Å². The third-order valence-corrected chi connectivity index (χ3v) is 9.01. The summed E-state index contributed by atoms with van der Waals surface area (Å²) in [5.41, 5.74) is 1.45. The molecule has 7 nitrogen and oxygen atoms in total. The van der Waals surface area contributed by atoms with Crippen LogP contribution in [0.1, 0.15) is 52.4 Å². The Balaban J connectivity index is 1.25. The number of anilines is 4. The van der Waals surface area contributed by atoms with Crippen LogP contribution in [0, 0.1) is 17.5 Å². The first-order chi connectivity index (χ1) is 20.1. The molecule has 0 atom stereocenters. The highest BCUT2D eigenvalue weighted by Crippen LogP contribution is 2.47.